The van der Waals surface area contributed by atoms with E-state index in [1.165, 1.54) is 11.1 Å². The predicted molar refractivity (Wildman–Crippen MR) is 83.9 cm³/mol. The fraction of sp³-hybridized carbons (Fsp3) is 0.294. The average molecular weight is 283 g/mol. The number of carbonyl (C=O) groups is 1. The summed E-state index contributed by atoms with van der Waals surface area (Å²) in [6.45, 7) is 6.60. The van der Waals surface area contributed by atoms with Gasteiger partial charge in [0.05, 0.1) is 6.04 Å². The molecule has 2 aromatic rings. The number of hydrogen-bond donors (Lipinski definition) is 2. The first-order valence-electron chi connectivity index (χ1n) is 7.06. The average Bonchev–Trinajstić information content (AvgIpc) is 2.45. The Morgan fingerprint density at radius 3 is 2.38 bits per heavy atom. The molecule has 2 rings (SSSR count). The van der Waals surface area contributed by atoms with Crippen LogP contribution in [0.1, 0.15) is 35.2 Å². The third kappa shape index (κ3) is 4.60. The number of benzene rings is 1. The lowest BCUT2D eigenvalue weighted by Gasteiger charge is -2.16. The quantitative estimate of drug-likeness (QED) is 0.905. The van der Waals surface area contributed by atoms with Crippen molar-refractivity contribution < 1.29 is 4.79 Å². The van der Waals surface area contributed by atoms with Crippen molar-refractivity contribution in [2.75, 3.05) is 0 Å². The van der Waals surface area contributed by atoms with E-state index in [0.29, 0.717) is 6.54 Å². The van der Waals surface area contributed by atoms with Crippen LogP contribution >= 0.6 is 0 Å². The number of hydrogen-bond acceptors (Lipinski definition) is 2. The Labute approximate surface area is 125 Å². The Balaban J connectivity index is 1.90. The molecule has 0 radical (unpaired) electrons. The van der Waals surface area contributed by atoms with E-state index in [2.05, 4.69) is 47.7 Å². The molecular weight excluding hydrogens is 262 g/mol. The minimum atomic E-state index is -0.168. The largest absolute Gasteiger partial charge is 0.334 e. The standard InChI is InChI=1S/C17H21N3O/c1-12-8-13(2)10-16(9-12)14(3)20-17(21)19-11-15-4-6-18-7-5-15/h4-10,14H,11H2,1-3H3,(H2,19,20,21)/t14-/m1/s1. The smallest absolute Gasteiger partial charge is 0.315 e. The molecule has 0 bridgehead atoms. The monoisotopic (exact) mass is 283 g/mol. The van der Waals surface area contributed by atoms with Gasteiger partial charge in [-0.3, -0.25) is 4.98 Å². The van der Waals surface area contributed by atoms with Gasteiger partial charge in [0, 0.05) is 18.9 Å². The molecule has 0 unspecified atom stereocenters. The molecule has 0 saturated carbocycles. The van der Waals surface area contributed by atoms with Crippen LogP contribution in [0.3, 0.4) is 0 Å². The summed E-state index contributed by atoms with van der Waals surface area (Å²) >= 11 is 0. The summed E-state index contributed by atoms with van der Waals surface area (Å²) in [5.74, 6) is 0. The minimum Gasteiger partial charge on any atom is -0.334 e. The zero-order chi connectivity index (χ0) is 15.2. The number of aryl methyl sites for hydroxylation is 2. The van der Waals surface area contributed by atoms with Gasteiger partial charge >= 0.3 is 6.03 Å². The fourth-order valence-electron chi connectivity index (χ4n) is 2.27. The minimum absolute atomic E-state index is 0.0268. The zero-order valence-corrected chi connectivity index (χ0v) is 12.7. The highest BCUT2D eigenvalue weighted by molar-refractivity contribution is 5.74. The molecule has 0 saturated heterocycles. The van der Waals surface area contributed by atoms with Crippen LogP contribution in [0, 0.1) is 13.8 Å². The van der Waals surface area contributed by atoms with Gasteiger partial charge in [-0.2, -0.15) is 0 Å². The van der Waals surface area contributed by atoms with Crippen LogP contribution in [0.2, 0.25) is 0 Å². The summed E-state index contributed by atoms with van der Waals surface area (Å²) in [6, 6.07) is 9.89. The van der Waals surface area contributed by atoms with E-state index in [0.717, 1.165) is 11.1 Å². The molecule has 1 atom stereocenters. The molecule has 4 nitrogen and oxygen atoms in total. The number of nitrogens with zero attached hydrogens (tertiary/aromatic N) is 1. The van der Waals surface area contributed by atoms with E-state index in [1.807, 2.05) is 19.1 Å². The maximum Gasteiger partial charge on any atom is 0.315 e. The normalized spacial score (nSPS) is 11.8. The Bertz CT molecular complexity index is 590. The van der Waals surface area contributed by atoms with Gasteiger partial charge in [0.2, 0.25) is 0 Å². The van der Waals surface area contributed by atoms with Crippen molar-refractivity contribution in [3.8, 4) is 0 Å². The van der Waals surface area contributed by atoms with Crippen molar-refractivity contribution in [1.82, 2.24) is 15.6 Å². The number of carbonyl (C=O) groups excluding carboxylic acids is 1. The lowest BCUT2D eigenvalue weighted by atomic mass is 10.0. The molecule has 0 spiro atoms. The first kappa shape index (κ1) is 15.0. The molecule has 0 fully saturated rings. The first-order chi connectivity index (χ1) is 10.0. The Morgan fingerprint density at radius 1 is 1.14 bits per heavy atom. The predicted octanol–water partition coefficient (Wildman–Crippen LogP) is 3.26. The molecule has 0 aliphatic rings. The number of rotatable bonds is 4. The van der Waals surface area contributed by atoms with Gasteiger partial charge < -0.3 is 10.6 Å². The Hall–Kier alpha value is -2.36. The SMILES string of the molecule is Cc1cc(C)cc([C@@H](C)NC(=O)NCc2ccncc2)c1. The van der Waals surface area contributed by atoms with Crippen LogP contribution in [0.15, 0.2) is 42.7 Å². The van der Waals surface area contributed by atoms with Gasteiger partial charge in [0.1, 0.15) is 0 Å². The van der Waals surface area contributed by atoms with Gasteiger partial charge in [-0.25, -0.2) is 4.79 Å². The molecule has 110 valence electrons. The topological polar surface area (TPSA) is 54.0 Å². The third-order valence-corrected chi connectivity index (χ3v) is 3.29. The van der Waals surface area contributed by atoms with E-state index in [4.69, 9.17) is 0 Å². The maximum absolute atomic E-state index is 11.9. The van der Waals surface area contributed by atoms with Gasteiger partial charge in [-0.15, -0.1) is 0 Å². The van der Waals surface area contributed by atoms with Crippen molar-refractivity contribution in [2.45, 2.75) is 33.4 Å². The molecule has 1 heterocycles. The molecule has 1 aromatic heterocycles. The maximum atomic E-state index is 11.9. The summed E-state index contributed by atoms with van der Waals surface area (Å²) in [7, 11) is 0. The lowest BCUT2D eigenvalue weighted by Crippen LogP contribution is -2.36. The molecule has 2 N–H and O–H groups in total. The van der Waals surface area contributed by atoms with E-state index in [9.17, 15) is 4.79 Å². The van der Waals surface area contributed by atoms with E-state index >= 15 is 0 Å². The van der Waals surface area contributed by atoms with Crippen LogP contribution in [-0.2, 0) is 6.54 Å². The molecule has 4 heteroatoms. The van der Waals surface area contributed by atoms with Crippen LogP contribution < -0.4 is 10.6 Å². The van der Waals surface area contributed by atoms with E-state index in [1.54, 1.807) is 12.4 Å². The van der Waals surface area contributed by atoms with Crippen molar-refractivity contribution in [3.63, 3.8) is 0 Å². The summed E-state index contributed by atoms with van der Waals surface area (Å²) in [4.78, 5) is 15.9. The first-order valence-corrected chi connectivity index (χ1v) is 7.06. The highest BCUT2D eigenvalue weighted by atomic mass is 16.2. The number of pyridine rings is 1. The number of nitrogens with one attached hydrogen (secondary N) is 2. The van der Waals surface area contributed by atoms with Crippen LogP contribution in [0.25, 0.3) is 0 Å². The van der Waals surface area contributed by atoms with Crippen LogP contribution in [0.5, 0.6) is 0 Å². The summed E-state index contributed by atoms with van der Waals surface area (Å²) in [5, 5.41) is 5.81. The third-order valence-electron chi connectivity index (χ3n) is 3.29. The van der Waals surface area contributed by atoms with E-state index < -0.39 is 0 Å². The summed E-state index contributed by atoms with van der Waals surface area (Å²) in [5.41, 5.74) is 4.55. The summed E-state index contributed by atoms with van der Waals surface area (Å²) < 4.78 is 0. The van der Waals surface area contributed by atoms with Gasteiger partial charge in [-0.1, -0.05) is 29.3 Å². The molecule has 0 aliphatic carbocycles. The lowest BCUT2D eigenvalue weighted by molar-refractivity contribution is 0.237. The Kier molecular flexibility index (Phi) is 4.93. The van der Waals surface area contributed by atoms with Crippen molar-refractivity contribution in [1.29, 1.82) is 0 Å². The summed E-state index contributed by atoms with van der Waals surface area (Å²) in [6.07, 6.45) is 3.43. The number of aromatic nitrogens is 1. The van der Waals surface area contributed by atoms with Crippen LogP contribution in [-0.4, -0.2) is 11.0 Å². The van der Waals surface area contributed by atoms with Crippen molar-refractivity contribution in [3.05, 3.63) is 65.0 Å². The van der Waals surface area contributed by atoms with Crippen molar-refractivity contribution in [2.24, 2.45) is 0 Å². The van der Waals surface area contributed by atoms with Crippen LogP contribution in [0.4, 0.5) is 4.79 Å². The highest BCUT2D eigenvalue weighted by Crippen LogP contribution is 2.16. The second-order valence-corrected chi connectivity index (χ2v) is 5.33. The highest BCUT2D eigenvalue weighted by Gasteiger charge is 2.09. The second kappa shape index (κ2) is 6.88. The van der Waals surface area contributed by atoms with Gasteiger partial charge in [-0.05, 0) is 44.0 Å². The number of urea groups is 1. The zero-order valence-electron chi connectivity index (χ0n) is 12.7. The molecule has 21 heavy (non-hydrogen) atoms. The van der Waals surface area contributed by atoms with Gasteiger partial charge in [0.15, 0.2) is 0 Å². The number of amides is 2. The molecule has 0 aliphatic heterocycles. The Morgan fingerprint density at radius 2 is 1.76 bits per heavy atom. The molecular formula is C17H21N3O. The molecule has 1 aromatic carbocycles. The second-order valence-electron chi connectivity index (χ2n) is 5.33. The fourth-order valence-corrected chi connectivity index (χ4v) is 2.27. The molecule has 2 amide bonds. The van der Waals surface area contributed by atoms with E-state index in [-0.39, 0.29) is 12.1 Å². The van der Waals surface area contributed by atoms with Gasteiger partial charge in [0.25, 0.3) is 0 Å². The van der Waals surface area contributed by atoms with Crippen molar-refractivity contribution >= 4 is 6.03 Å².